The van der Waals surface area contributed by atoms with E-state index in [1.54, 1.807) is 0 Å². The maximum Gasteiger partial charge on any atom is 0.394 e. The van der Waals surface area contributed by atoms with Crippen LogP contribution in [-0.4, -0.2) is 27.4 Å². The molecule has 0 aromatic carbocycles. The first-order valence-corrected chi connectivity index (χ1v) is 15.4. The molecule has 0 saturated heterocycles. The monoisotopic (exact) mass is 507 g/mol. The van der Waals surface area contributed by atoms with Gasteiger partial charge in [0.2, 0.25) is 0 Å². The zero-order valence-electron chi connectivity index (χ0n) is 10.0. The van der Waals surface area contributed by atoms with Gasteiger partial charge in [-0.15, -0.1) is 0 Å². The Morgan fingerprint density at radius 1 is 0.889 bits per heavy atom. The number of hydrogen-bond donors (Lipinski definition) is 4. The van der Waals surface area contributed by atoms with Gasteiger partial charge in [0, 0.05) is 0 Å². The van der Waals surface area contributed by atoms with Gasteiger partial charge < -0.3 is 0 Å². The van der Waals surface area contributed by atoms with E-state index in [1.807, 2.05) is 0 Å². The topological polar surface area (TPSA) is 127 Å². The van der Waals surface area contributed by atoms with Crippen LogP contribution in [0.1, 0.15) is 38.5 Å². The van der Waals surface area contributed by atoms with Crippen LogP contribution in [0.2, 0.25) is 0 Å². The quantitative estimate of drug-likeness (QED) is 0.423. The molecule has 6 nitrogen and oxygen atoms in total. The van der Waals surface area contributed by atoms with Gasteiger partial charge >= 0.3 is 64.5 Å². The molecule has 1 fully saturated rings. The summed E-state index contributed by atoms with van der Waals surface area (Å²) in [6.45, 7) is 0. The van der Waals surface area contributed by atoms with Crippen molar-refractivity contribution in [3.05, 3.63) is 0 Å². The molecule has 10 heteroatoms. The minimum atomic E-state index is -4.67. The summed E-state index contributed by atoms with van der Waals surface area (Å²) in [6, 6.07) is 0. The molecule has 0 atom stereocenters. The number of hydrogen-bond acceptors (Lipinski definition) is 4. The molecule has 0 amide bonds. The second-order valence-electron chi connectivity index (χ2n) is 3.37. The van der Waals surface area contributed by atoms with Crippen molar-refractivity contribution in [1.29, 1.82) is 0 Å². The first-order chi connectivity index (χ1) is 8.12. The zero-order chi connectivity index (χ0) is 14.7. The summed E-state index contributed by atoms with van der Waals surface area (Å²) in [5.41, 5.74) is 10.3. The van der Waals surface area contributed by atoms with Crippen molar-refractivity contribution in [2.24, 2.45) is 11.5 Å². The Labute approximate surface area is 120 Å². The summed E-state index contributed by atoms with van der Waals surface area (Å²) in [7, 11) is 6.54. The third-order valence-corrected chi connectivity index (χ3v) is 7.79. The minimum Gasteiger partial charge on any atom is -0.264 e. The normalized spacial score (nSPS) is 16.8. The maximum atomic E-state index is 8.74. The van der Waals surface area contributed by atoms with Gasteiger partial charge in [0.25, 0.3) is 0 Å². The Morgan fingerprint density at radius 3 is 1.11 bits per heavy atom. The molecule has 0 spiro atoms. The summed E-state index contributed by atoms with van der Waals surface area (Å²) in [5.74, 6) is 0. The van der Waals surface area contributed by atoms with Crippen molar-refractivity contribution in [2.45, 2.75) is 38.5 Å². The van der Waals surface area contributed by atoms with Gasteiger partial charge in [0.1, 0.15) is 0 Å². The summed E-state index contributed by atoms with van der Waals surface area (Å²) in [6.07, 6.45) is 9.00. The smallest absolute Gasteiger partial charge is 0.264 e. The van der Waals surface area contributed by atoms with Crippen molar-refractivity contribution < 1.29 is 31.5 Å². The largest absolute Gasteiger partial charge is 0.394 e. The summed E-state index contributed by atoms with van der Waals surface area (Å²) >= 11 is -2.52. The summed E-state index contributed by atoms with van der Waals surface area (Å²) < 4.78 is 31.6. The Kier molecular flexibility index (Phi) is 14.1. The maximum absolute atomic E-state index is 8.74. The average molecular weight is 508 g/mol. The summed E-state index contributed by atoms with van der Waals surface area (Å²) in [4.78, 5) is 0.763. The van der Waals surface area contributed by atoms with Crippen molar-refractivity contribution in [2.75, 3.05) is 9.87 Å². The first kappa shape index (κ1) is 21.4. The van der Waals surface area contributed by atoms with Crippen molar-refractivity contribution in [3.63, 3.8) is 0 Å². The van der Waals surface area contributed by atoms with Crippen LogP contribution in [0, 0.1) is 0 Å². The van der Waals surface area contributed by atoms with Crippen LogP contribution in [0.3, 0.4) is 0 Å². The van der Waals surface area contributed by atoms with E-state index in [9.17, 15) is 0 Å². The first-order valence-electron chi connectivity index (χ1n) is 5.20. The second-order valence-corrected chi connectivity index (χ2v) is 18.5. The fraction of sp³-hybridized carbons (Fsp3) is 1.00. The molecule has 1 aliphatic carbocycles. The van der Waals surface area contributed by atoms with E-state index < -0.39 is 24.4 Å². The molecule has 0 radical (unpaired) electrons. The van der Waals surface area contributed by atoms with E-state index in [0.717, 1.165) is 0 Å². The summed E-state index contributed by atoms with van der Waals surface area (Å²) in [5, 5.41) is 0. The molecule has 0 heterocycles. The number of nitrogens with two attached hydrogens (primary N) is 2. The number of rotatable bonds is 2. The molecule has 118 valence electrons. The Morgan fingerprint density at radius 2 is 1.06 bits per heavy atom. The fourth-order valence-electron chi connectivity index (χ4n) is 1.11. The van der Waals surface area contributed by atoms with Gasteiger partial charge in [0.05, 0.1) is 0 Å². The molecule has 1 rings (SSSR count). The van der Waals surface area contributed by atoms with Gasteiger partial charge in [-0.3, -0.25) is 9.11 Å². The molecule has 1 saturated carbocycles. The standard InChI is InChI=1S/C6H12.2CH4N.2ClH.H2O4S.Pt/c1-2-4-6-5-3-1;2*1-2;;;1-5(2,3)4;/h1-6H2;2*1-2H2;2*1H;(H2,1,2,3,4);/q;;;;;;+2/p-2. The predicted molar refractivity (Wildman–Crippen MR) is 71.7 cm³/mol. The van der Waals surface area contributed by atoms with Gasteiger partial charge in [-0.1, -0.05) is 38.5 Å². The molecule has 0 aromatic rings. The van der Waals surface area contributed by atoms with Gasteiger partial charge in [-0.05, 0) is 0 Å². The third kappa shape index (κ3) is 25.8. The van der Waals surface area contributed by atoms with Crippen LogP contribution in [0.4, 0.5) is 0 Å². The van der Waals surface area contributed by atoms with E-state index >= 15 is 0 Å². The molecule has 0 aromatic heterocycles. The Bertz CT molecular complexity index is 261. The van der Waals surface area contributed by atoms with E-state index in [4.69, 9.17) is 47.8 Å². The van der Waals surface area contributed by atoms with E-state index in [2.05, 4.69) is 0 Å². The molecule has 0 unspecified atom stereocenters. The van der Waals surface area contributed by atoms with Crippen molar-refractivity contribution in [1.82, 2.24) is 0 Å². The molecular formula is C8H22Cl2N2O4PtS. The van der Waals surface area contributed by atoms with Crippen molar-refractivity contribution >= 4 is 29.2 Å². The van der Waals surface area contributed by atoms with Gasteiger partial charge in [-0.25, -0.2) is 0 Å². The SMILES string of the molecule is C1CCCCC1.N[CH2][Pt]([Cl])([Cl])[CH2]N.O=S(=O)(O)O. The van der Waals surface area contributed by atoms with E-state index in [-0.39, 0.29) is 0 Å². The predicted octanol–water partition coefficient (Wildman–Crippen LogP) is 1.97. The van der Waals surface area contributed by atoms with Crippen LogP contribution >= 0.6 is 18.8 Å². The zero-order valence-corrected chi connectivity index (χ0v) is 14.6. The van der Waals surface area contributed by atoms with Crippen LogP contribution in [-0.2, 0) is 24.4 Å². The van der Waals surface area contributed by atoms with E-state index in [0.29, 0.717) is 9.87 Å². The molecular weight excluding hydrogens is 486 g/mol. The Balaban J connectivity index is 0. The fourth-order valence-corrected chi connectivity index (χ4v) is 1.49. The van der Waals surface area contributed by atoms with Crippen LogP contribution < -0.4 is 11.5 Å². The second kappa shape index (κ2) is 11.8. The van der Waals surface area contributed by atoms with Crippen molar-refractivity contribution in [3.8, 4) is 0 Å². The molecule has 1 aliphatic rings. The molecule has 0 bridgehead atoms. The number of halogens is 2. The van der Waals surface area contributed by atoms with Crippen LogP contribution in [0.5, 0.6) is 0 Å². The Hall–Kier alpha value is 1.06. The minimum absolute atomic E-state index is 0.382. The molecule has 18 heavy (non-hydrogen) atoms. The average Bonchev–Trinajstić information content (AvgIpc) is 2.30. The van der Waals surface area contributed by atoms with Crippen LogP contribution in [0.15, 0.2) is 0 Å². The van der Waals surface area contributed by atoms with Gasteiger partial charge in [-0.2, -0.15) is 8.42 Å². The molecule has 0 aliphatic heterocycles. The molecule has 6 N–H and O–H groups in total. The van der Waals surface area contributed by atoms with Gasteiger partial charge in [0.15, 0.2) is 0 Å². The van der Waals surface area contributed by atoms with E-state index in [1.165, 1.54) is 38.5 Å². The van der Waals surface area contributed by atoms with Crippen LogP contribution in [0.25, 0.3) is 0 Å². The third-order valence-electron chi connectivity index (χ3n) is 1.88.